The van der Waals surface area contributed by atoms with Crippen LogP contribution >= 0.6 is 27.3 Å². The van der Waals surface area contributed by atoms with Crippen LogP contribution in [0.5, 0.6) is 0 Å². The summed E-state index contributed by atoms with van der Waals surface area (Å²) >= 11 is 5.30. The van der Waals surface area contributed by atoms with Crippen LogP contribution in [0.15, 0.2) is 35.7 Å². The van der Waals surface area contributed by atoms with Crippen molar-refractivity contribution >= 4 is 33.0 Å². The van der Waals surface area contributed by atoms with Gasteiger partial charge in [0, 0.05) is 16.5 Å². The van der Waals surface area contributed by atoms with Crippen molar-refractivity contribution < 1.29 is 4.92 Å². The van der Waals surface area contributed by atoms with E-state index in [4.69, 9.17) is 0 Å². The zero-order chi connectivity index (χ0) is 13.1. The summed E-state index contributed by atoms with van der Waals surface area (Å²) in [6, 6.07) is 8.96. The van der Waals surface area contributed by atoms with Crippen molar-refractivity contribution in [3.63, 3.8) is 0 Å². The molecule has 5 heteroatoms. The predicted octanol–water partition coefficient (Wildman–Crippen LogP) is 4.64. The summed E-state index contributed by atoms with van der Waals surface area (Å²) in [7, 11) is 0. The van der Waals surface area contributed by atoms with Crippen LogP contribution in [-0.2, 0) is 6.42 Å². The molecule has 0 fully saturated rings. The van der Waals surface area contributed by atoms with E-state index in [9.17, 15) is 10.1 Å². The molecule has 0 saturated carbocycles. The van der Waals surface area contributed by atoms with Gasteiger partial charge in [-0.25, -0.2) is 0 Å². The molecule has 0 aliphatic heterocycles. The Labute approximate surface area is 118 Å². The standard InChI is InChI=1S/C13H12BrNO2S/c1-9-6-7-18-13(9)11(14)8-10-4-2-3-5-12(10)15(16)17/h2-7,11H,8H2,1H3. The normalized spacial score (nSPS) is 12.3. The summed E-state index contributed by atoms with van der Waals surface area (Å²) in [4.78, 5) is 12.0. The zero-order valence-electron chi connectivity index (χ0n) is 9.80. The number of nitrogens with zero attached hydrogens (tertiary/aromatic N) is 1. The molecule has 0 spiro atoms. The first kappa shape index (κ1) is 13.2. The van der Waals surface area contributed by atoms with Crippen molar-refractivity contribution in [3.05, 3.63) is 61.8 Å². The molecular weight excluding hydrogens is 314 g/mol. The van der Waals surface area contributed by atoms with Gasteiger partial charge in [0.1, 0.15) is 0 Å². The van der Waals surface area contributed by atoms with E-state index in [-0.39, 0.29) is 15.4 Å². The van der Waals surface area contributed by atoms with Gasteiger partial charge < -0.3 is 0 Å². The van der Waals surface area contributed by atoms with Crippen molar-refractivity contribution in [2.24, 2.45) is 0 Å². The van der Waals surface area contributed by atoms with E-state index in [0.29, 0.717) is 6.42 Å². The molecule has 0 aliphatic rings. The van der Waals surface area contributed by atoms with Gasteiger partial charge in [-0.2, -0.15) is 0 Å². The molecule has 1 aromatic heterocycles. The fraction of sp³-hybridized carbons (Fsp3) is 0.231. The van der Waals surface area contributed by atoms with Crippen LogP contribution in [0.4, 0.5) is 5.69 Å². The van der Waals surface area contributed by atoms with Crippen LogP contribution in [0.2, 0.25) is 0 Å². The number of hydrogen-bond acceptors (Lipinski definition) is 3. The number of benzene rings is 1. The van der Waals surface area contributed by atoms with Crippen LogP contribution in [-0.4, -0.2) is 4.92 Å². The maximum absolute atomic E-state index is 10.9. The van der Waals surface area contributed by atoms with Crippen LogP contribution in [0.25, 0.3) is 0 Å². The highest BCUT2D eigenvalue weighted by molar-refractivity contribution is 9.09. The highest BCUT2D eigenvalue weighted by atomic mass is 79.9. The molecule has 1 atom stereocenters. The first-order valence-corrected chi connectivity index (χ1v) is 7.29. The summed E-state index contributed by atoms with van der Waals surface area (Å²) in [5.41, 5.74) is 2.17. The molecule has 2 aromatic rings. The van der Waals surface area contributed by atoms with Crippen molar-refractivity contribution in [1.82, 2.24) is 0 Å². The number of nitro groups is 1. The lowest BCUT2D eigenvalue weighted by atomic mass is 10.1. The van der Waals surface area contributed by atoms with Gasteiger partial charge in [-0.1, -0.05) is 34.1 Å². The molecule has 2 rings (SSSR count). The Hall–Kier alpha value is -1.20. The Kier molecular flexibility index (Phi) is 4.14. The Morgan fingerprint density at radius 3 is 2.72 bits per heavy atom. The average Bonchev–Trinajstić information content (AvgIpc) is 2.76. The van der Waals surface area contributed by atoms with E-state index < -0.39 is 0 Å². The third kappa shape index (κ3) is 2.79. The lowest BCUT2D eigenvalue weighted by Crippen LogP contribution is -1.99. The Morgan fingerprint density at radius 2 is 2.11 bits per heavy atom. The van der Waals surface area contributed by atoms with Crippen molar-refractivity contribution in [2.75, 3.05) is 0 Å². The molecule has 0 bridgehead atoms. The predicted molar refractivity (Wildman–Crippen MR) is 77.5 cm³/mol. The molecule has 0 amide bonds. The van der Waals surface area contributed by atoms with Crippen molar-refractivity contribution in [3.8, 4) is 0 Å². The Bertz CT molecular complexity index is 568. The summed E-state index contributed by atoms with van der Waals surface area (Å²) < 4.78 is 0. The fourth-order valence-corrected chi connectivity index (χ4v) is 3.79. The summed E-state index contributed by atoms with van der Waals surface area (Å²) in [6.45, 7) is 2.06. The Morgan fingerprint density at radius 1 is 1.39 bits per heavy atom. The van der Waals surface area contributed by atoms with Crippen molar-refractivity contribution in [2.45, 2.75) is 18.2 Å². The number of para-hydroxylation sites is 1. The topological polar surface area (TPSA) is 43.1 Å². The van der Waals surface area contributed by atoms with Gasteiger partial charge in [-0.05, 0) is 30.4 Å². The molecule has 0 radical (unpaired) electrons. The van der Waals surface area contributed by atoms with Gasteiger partial charge in [0.25, 0.3) is 5.69 Å². The molecular formula is C13H12BrNO2S. The fourth-order valence-electron chi connectivity index (χ4n) is 1.85. The molecule has 3 nitrogen and oxygen atoms in total. The second-order valence-corrected chi connectivity index (χ2v) is 6.08. The summed E-state index contributed by atoms with van der Waals surface area (Å²) in [5.74, 6) is 0. The minimum Gasteiger partial charge on any atom is -0.258 e. The van der Waals surface area contributed by atoms with E-state index in [0.717, 1.165) is 5.56 Å². The first-order chi connectivity index (χ1) is 8.59. The van der Waals surface area contributed by atoms with Crippen molar-refractivity contribution in [1.29, 1.82) is 0 Å². The molecule has 0 saturated heterocycles. The monoisotopic (exact) mass is 325 g/mol. The first-order valence-electron chi connectivity index (χ1n) is 5.50. The minimum absolute atomic E-state index is 0.124. The van der Waals surface area contributed by atoms with Crippen LogP contribution in [0.3, 0.4) is 0 Å². The highest BCUT2D eigenvalue weighted by Crippen LogP contribution is 2.35. The van der Waals surface area contributed by atoms with Gasteiger partial charge in [-0.3, -0.25) is 10.1 Å². The number of halogens is 1. The minimum atomic E-state index is -0.323. The molecule has 0 aliphatic carbocycles. The van der Waals surface area contributed by atoms with Gasteiger partial charge in [-0.15, -0.1) is 11.3 Å². The average molecular weight is 326 g/mol. The Balaban J connectivity index is 2.25. The molecule has 0 N–H and O–H groups in total. The number of thiophene rings is 1. The highest BCUT2D eigenvalue weighted by Gasteiger charge is 2.18. The third-order valence-corrected chi connectivity index (χ3v) is 4.99. The van der Waals surface area contributed by atoms with Crippen LogP contribution in [0, 0.1) is 17.0 Å². The van der Waals surface area contributed by atoms with Gasteiger partial charge >= 0.3 is 0 Å². The quantitative estimate of drug-likeness (QED) is 0.466. The number of hydrogen-bond donors (Lipinski definition) is 0. The number of nitro benzene ring substituents is 1. The molecule has 94 valence electrons. The van der Waals surface area contributed by atoms with Crippen LogP contribution in [0.1, 0.15) is 20.8 Å². The summed E-state index contributed by atoms with van der Waals surface area (Å²) in [6.07, 6.45) is 0.624. The molecule has 1 heterocycles. The van der Waals surface area contributed by atoms with Gasteiger partial charge in [0.15, 0.2) is 0 Å². The molecule has 1 aromatic carbocycles. The molecule has 1 unspecified atom stereocenters. The summed E-state index contributed by atoms with van der Waals surface area (Å²) in [5, 5.41) is 13.0. The van der Waals surface area contributed by atoms with Crippen LogP contribution < -0.4 is 0 Å². The third-order valence-electron chi connectivity index (χ3n) is 2.77. The van der Waals surface area contributed by atoms with E-state index in [1.807, 2.05) is 17.5 Å². The van der Waals surface area contributed by atoms with E-state index in [2.05, 4.69) is 28.9 Å². The number of rotatable bonds is 4. The lowest BCUT2D eigenvalue weighted by molar-refractivity contribution is -0.385. The van der Waals surface area contributed by atoms with Gasteiger partial charge in [0.05, 0.1) is 9.75 Å². The van der Waals surface area contributed by atoms with E-state index in [1.54, 1.807) is 23.5 Å². The number of aryl methyl sites for hydroxylation is 1. The van der Waals surface area contributed by atoms with E-state index in [1.165, 1.54) is 10.4 Å². The second kappa shape index (κ2) is 5.63. The lowest BCUT2D eigenvalue weighted by Gasteiger charge is -2.09. The molecule has 18 heavy (non-hydrogen) atoms. The second-order valence-electron chi connectivity index (χ2n) is 4.03. The SMILES string of the molecule is Cc1ccsc1C(Br)Cc1ccccc1[N+](=O)[O-]. The maximum atomic E-state index is 10.9. The number of alkyl halides is 1. The largest absolute Gasteiger partial charge is 0.272 e. The zero-order valence-corrected chi connectivity index (χ0v) is 12.2. The van der Waals surface area contributed by atoms with E-state index >= 15 is 0 Å². The smallest absolute Gasteiger partial charge is 0.258 e. The maximum Gasteiger partial charge on any atom is 0.272 e. The van der Waals surface area contributed by atoms with Gasteiger partial charge in [0.2, 0.25) is 0 Å².